The van der Waals surface area contributed by atoms with E-state index in [1.807, 2.05) is 42.8 Å². The summed E-state index contributed by atoms with van der Waals surface area (Å²) < 4.78 is 46.7. The van der Waals surface area contributed by atoms with E-state index in [1.165, 1.54) is 10.8 Å². The van der Waals surface area contributed by atoms with Gasteiger partial charge in [0.2, 0.25) is 0 Å². The lowest BCUT2D eigenvalue weighted by Crippen LogP contribution is -2.28. The van der Waals surface area contributed by atoms with E-state index >= 15 is 0 Å². The number of aryl methyl sites for hydroxylation is 1. The van der Waals surface area contributed by atoms with Crippen LogP contribution in [0.5, 0.6) is 11.5 Å². The first-order chi connectivity index (χ1) is 17.4. The number of thiazole rings is 1. The average molecular weight is 525 g/mol. The molecule has 6 rings (SSSR count). The molecule has 4 aromatic rings. The number of nitrogens with zero attached hydrogens (tertiary/aromatic N) is 1. The molecule has 0 amide bonds. The molecule has 1 atom stereocenters. The van der Waals surface area contributed by atoms with E-state index in [2.05, 4.69) is 22.4 Å². The molecule has 0 radical (unpaired) electrons. The van der Waals surface area contributed by atoms with E-state index < -0.39 is 16.2 Å². The maximum Gasteiger partial charge on any atom is 0.294 e. The molecule has 2 aliphatic rings. The Kier molecular flexibility index (Phi) is 7.25. The third-order valence-corrected chi connectivity index (χ3v) is 8.20. The first-order valence-corrected chi connectivity index (χ1v) is 14.2. The van der Waals surface area contributed by atoms with Gasteiger partial charge in [-0.1, -0.05) is 42.0 Å². The Labute approximate surface area is 214 Å². The second kappa shape index (κ2) is 10.6. The van der Waals surface area contributed by atoms with Crippen LogP contribution in [0.2, 0.25) is 0 Å². The smallest absolute Gasteiger partial charge is 0.294 e. The highest BCUT2D eigenvalue weighted by Gasteiger charge is 2.31. The van der Waals surface area contributed by atoms with Gasteiger partial charge in [0.25, 0.3) is 10.1 Å². The Bertz CT molecular complexity index is 1430. The van der Waals surface area contributed by atoms with Gasteiger partial charge in [-0.25, -0.2) is 4.98 Å². The molecule has 0 bridgehead atoms. The van der Waals surface area contributed by atoms with Crippen LogP contribution in [-0.2, 0) is 10.1 Å². The van der Waals surface area contributed by atoms with E-state index in [0.29, 0.717) is 23.0 Å². The van der Waals surface area contributed by atoms with Crippen molar-refractivity contribution in [3.05, 3.63) is 82.9 Å². The van der Waals surface area contributed by atoms with Crippen LogP contribution in [0.4, 0.5) is 0 Å². The third-order valence-electron chi connectivity index (χ3n) is 6.47. The van der Waals surface area contributed by atoms with Gasteiger partial charge in [0, 0.05) is 11.1 Å². The zero-order chi connectivity index (χ0) is 25.1. The van der Waals surface area contributed by atoms with Gasteiger partial charge >= 0.3 is 0 Å². The molecule has 2 aliphatic heterocycles. The summed E-state index contributed by atoms with van der Waals surface area (Å²) in [6.07, 6.45) is 1.44. The SMILES string of the molecule is Cc1ccc(S(=O)(=O)O)c(C2COc3cccc(C4CCNCC4)c3O2)c1.c1ccc2scnc2c1. The van der Waals surface area contributed by atoms with Crippen LogP contribution >= 0.6 is 11.3 Å². The number of hydrogen-bond acceptors (Lipinski definition) is 7. The van der Waals surface area contributed by atoms with Crippen LogP contribution in [0.25, 0.3) is 10.2 Å². The van der Waals surface area contributed by atoms with Gasteiger partial charge in [-0.15, -0.1) is 11.3 Å². The molecule has 7 nitrogen and oxygen atoms in total. The molecular weight excluding hydrogens is 496 g/mol. The molecule has 0 saturated carbocycles. The van der Waals surface area contributed by atoms with Crippen molar-refractivity contribution < 1.29 is 22.4 Å². The highest BCUT2D eigenvalue weighted by molar-refractivity contribution is 7.85. The Morgan fingerprint density at radius 1 is 1.03 bits per heavy atom. The predicted molar refractivity (Wildman–Crippen MR) is 141 cm³/mol. The largest absolute Gasteiger partial charge is 0.485 e. The lowest BCUT2D eigenvalue weighted by atomic mass is 9.89. The van der Waals surface area contributed by atoms with Crippen molar-refractivity contribution >= 4 is 31.7 Å². The molecule has 188 valence electrons. The fraction of sp³-hybridized carbons (Fsp3) is 0.296. The number of rotatable bonds is 3. The molecule has 1 fully saturated rings. The van der Waals surface area contributed by atoms with E-state index in [4.69, 9.17) is 9.47 Å². The summed E-state index contributed by atoms with van der Waals surface area (Å²) in [6.45, 7) is 3.98. The van der Waals surface area contributed by atoms with Crippen molar-refractivity contribution in [3.63, 3.8) is 0 Å². The van der Waals surface area contributed by atoms with E-state index in [9.17, 15) is 13.0 Å². The summed E-state index contributed by atoms with van der Waals surface area (Å²) in [5.41, 5.74) is 5.37. The number of benzene rings is 3. The molecule has 0 aliphatic carbocycles. The van der Waals surface area contributed by atoms with Crippen LogP contribution in [0.15, 0.2) is 71.1 Å². The predicted octanol–water partition coefficient (Wildman–Crippen LogP) is 5.52. The number of nitrogens with one attached hydrogen (secondary N) is 1. The second-order valence-corrected chi connectivity index (χ2v) is 11.2. The Morgan fingerprint density at radius 2 is 1.83 bits per heavy atom. The van der Waals surface area contributed by atoms with Crippen molar-refractivity contribution in [2.45, 2.75) is 36.7 Å². The van der Waals surface area contributed by atoms with Crippen LogP contribution in [-0.4, -0.2) is 37.7 Å². The number of ether oxygens (including phenoxy) is 2. The summed E-state index contributed by atoms with van der Waals surface area (Å²) in [5.74, 6) is 1.74. The van der Waals surface area contributed by atoms with Crippen molar-refractivity contribution in [3.8, 4) is 11.5 Å². The summed E-state index contributed by atoms with van der Waals surface area (Å²) >= 11 is 1.68. The first-order valence-electron chi connectivity index (χ1n) is 11.9. The topological polar surface area (TPSA) is 97.8 Å². The van der Waals surface area contributed by atoms with Gasteiger partial charge in [-0.05, 0) is 63.0 Å². The van der Waals surface area contributed by atoms with Gasteiger partial charge in [0.1, 0.15) is 11.5 Å². The summed E-state index contributed by atoms with van der Waals surface area (Å²) in [6, 6.07) is 18.8. The molecule has 3 aromatic carbocycles. The summed E-state index contributed by atoms with van der Waals surface area (Å²) in [5, 5.41) is 3.36. The molecule has 1 aromatic heterocycles. The summed E-state index contributed by atoms with van der Waals surface area (Å²) in [4.78, 5) is 4.00. The quantitative estimate of drug-likeness (QED) is 0.341. The monoisotopic (exact) mass is 524 g/mol. The van der Waals surface area contributed by atoms with Crippen molar-refractivity contribution in [1.82, 2.24) is 10.3 Å². The van der Waals surface area contributed by atoms with Crippen molar-refractivity contribution in [1.29, 1.82) is 0 Å². The third kappa shape index (κ3) is 5.39. The average Bonchev–Trinajstić information content (AvgIpc) is 3.37. The van der Waals surface area contributed by atoms with Gasteiger partial charge in [0.05, 0.1) is 15.7 Å². The van der Waals surface area contributed by atoms with Crippen LogP contribution in [0.1, 0.15) is 41.6 Å². The molecule has 1 unspecified atom stereocenters. The minimum atomic E-state index is -4.35. The van der Waals surface area contributed by atoms with Crippen LogP contribution in [0, 0.1) is 6.92 Å². The van der Waals surface area contributed by atoms with Crippen molar-refractivity contribution in [2.24, 2.45) is 0 Å². The lowest BCUT2D eigenvalue weighted by molar-refractivity contribution is 0.0870. The van der Waals surface area contributed by atoms with Crippen molar-refractivity contribution in [2.75, 3.05) is 19.7 Å². The molecule has 2 N–H and O–H groups in total. The molecule has 1 saturated heterocycles. The summed E-state index contributed by atoms with van der Waals surface area (Å²) in [7, 11) is -4.35. The number of aromatic nitrogens is 1. The Hall–Kier alpha value is -2.98. The van der Waals surface area contributed by atoms with Crippen LogP contribution < -0.4 is 14.8 Å². The van der Waals surface area contributed by atoms with Gasteiger partial charge in [-0.3, -0.25) is 4.55 Å². The molecule has 36 heavy (non-hydrogen) atoms. The molecule has 9 heteroatoms. The van der Waals surface area contributed by atoms with E-state index in [0.717, 1.165) is 42.6 Å². The number of hydrogen-bond donors (Lipinski definition) is 2. The molecular formula is C27H28N2O5S2. The standard InChI is InChI=1S/C20H23NO5S.C7H5NS/c1-13-5-6-19(27(22,23)24)16(11-13)18-12-25-17-4-2-3-15(20(17)26-18)14-7-9-21-10-8-14;1-2-4-7-6(3-1)8-5-9-7/h2-6,11,14,18,21H,7-10,12H2,1H3,(H,22,23,24);1-5H. The fourth-order valence-electron chi connectivity index (χ4n) is 4.68. The minimum absolute atomic E-state index is 0.135. The molecule has 0 spiro atoms. The van der Waals surface area contributed by atoms with E-state index in [-0.39, 0.29) is 11.5 Å². The normalized spacial score (nSPS) is 17.9. The van der Waals surface area contributed by atoms with Gasteiger partial charge < -0.3 is 14.8 Å². The Balaban J connectivity index is 0.000000247. The maximum absolute atomic E-state index is 11.8. The zero-order valence-electron chi connectivity index (χ0n) is 19.9. The fourth-order valence-corrected chi connectivity index (χ4v) is 6.09. The number of piperidine rings is 1. The second-order valence-electron chi connectivity index (χ2n) is 8.95. The molecule has 3 heterocycles. The first kappa shape index (κ1) is 24.7. The van der Waals surface area contributed by atoms with E-state index in [1.54, 1.807) is 23.5 Å². The number of fused-ring (bicyclic) bond motifs is 2. The minimum Gasteiger partial charge on any atom is -0.485 e. The lowest BCUT2D eigenvalue weighted by Gasteiger charge is -2.32. The Morgan fingerprint density at radius 3 is 2.61 bits per heavy atom. The maximum atomic E-state index is 11.8. The van der Waals surface area contributed by atoms with Crippen LogP contribution in [0.3, 0.4) is 0 Å². The van der Waals surface area contributed by atoms with Gasteiger partial charge in [0.15, 0.2) is 17.6 Å². The zero-order valence-corrected chi connectivity index (χ0v) is 21.5. The highest BCUT2D eigenvalue weighted by Crippen LogP contribution is 2.44. The highest BCUT2D eigenvalue weighted by atomic mass is 32.2. The number of para-hydroxylation sites is 2. The van der Waals surface area contributed by atoms with Gasteiger partial charge in [-0.2, -0.15) is 8.42 Å².